The summed E-state index contributed by atoms with van der Waals surface area (Å²) in [5.41, 5.74) is 0.828. The third-order valence-corrected chi connectivity index (χ3v) is 8.43. The Bertz CT molecular complexity index is 897. The Hall–Kier alpha value is -0.830. The Morgan fingerprint density at radius 2 is 2.28 bits per heavy atom. The summed E-state index contributed by atoms with van der Waals surface area (Å²) in [5.74, 6) is 0.206. The van der Waals surface area contributed by atoms with Crippen LogP contribution in [-0.4, -0.2) is 53.6 Å². The van der Waals surface area contributed by atoms with Gasteiger partial charge in [0.25, 0.3) is 0 Å². The Labute approximate surface area is 160 Å². The largest absolute Gasteiger partial charge is 0.338 e. The minimum absolute atomic E-state index is 0.0353. The summed E-state index contributed by atoms with van der Waals surface area (Å²) in [6.07, 6.45) is 0.527. The number of thiazole rings is 1. The van der Waals surface area contributed by atoms with Crippen LogP contribution in [0.2, 0.25) is 5.02 Å². The van der Waals surface area contributed by atoms with Crippen molar-refractivity contribution in [2.45, 2.75) is 35.9 Å². The molecule has 25 heavy (non-hydrogen) atoms. The molecule has 2 atom stereocenters. The van der Waals surface area contributed by atoms with Crippen molar-refractivity contribution in [2.75, 3.05) is 18.1 Å². The maximum atomic E-state index is 12.8. The van der Waals surface area contributed by atoms with Crippen LogP contribution in [0.3, 0.4) is 0 Å². The van der Waals surface area contributed by atoms with Gasteiger partial charge in [-0.3, -0.25) is 4.79 Å². The molecule has 0 radical (unpaired) electrons. The number of aromatic nitrogens is 1. The van der Waals surface area contributed by atoms with E-state index in [2.05, 4.69) is 4.98 Å². The van der Waals surface area contributed by atoms with Gasteiger partial charge in [-0.25, -0.2) is 13.4 Å². The van der Waals surface area contributed by atoms with Crippen molar-refractivity contribution in [2.24, 2.45) is 0 Å². The lowest BCUT2D eigenvalue weighted by Crippen LogP contribution is -2.44. The van der Waals surface area contributed by atoms with Gasteiger partial charge in [0.2, 0.25) is 5.91 Å². The smallest absolute Gasteiger partial charge is 0.236 e. The SMILES string of the molecule is CCN(C(=O)[C@@H](C)Sc1nc2cc(Cl)ccc2s1)[C@@H]1CCS(=O)(=O)C1. The number of nitrogens with zero attached hydrogens (tertiary/aromatic N) is 2. The number of carbonyl (C=O) groups is 1. The lowest BCUT2D eigenvalue weighted by Gasteiger charge is -2.29. The number of hydrogen-bond donors (Lipinski definition) is 0. The van der Waals surface area contributed by atoms with Crippen molar-refractivity contribution < 1.29 is 13.2 Å². The molecule has 0 bridgehead atoms. The predicted octanol–water partition coefficient (Wildman–Crippen LogP) is 3.47. The Balaban J connectivity index is 1.72. The topological polar surface area (TPSA) is 67.3 Å². The summed E-state index contributed by atoms with van der Waals surface area (Å²) < 4.78 is 25.3. The van der Waals surface area contributed by atoms with Crippen LogP contribution in [-0.2, 0) is 14.6 Å². The quantitative estimate of drug-likeness (QED) is 0.695. The Kier molecular flexibility index (Phi) is 5.63. The van der Waals surface area contributed by atoms with E-state index in [0.29, 0.717) is 18.0 Å². The van der Waals surface area contributed by atoms with Gasteiger partial charge in [-0.05, 0) is 38.5 Å². The average Bonchev–Trinajstić information content (AvgIpc) is 3.09. The van der Waals surface area contributed by atoms with Crippen LogP contribution in [0.1, 0.15) is 20.3 Å². The van der Waals surface area contributed by atoms with Crippen LogP contribution in [0.5, 0.6) is 0 Å². The van der Waals surface area contributed by atoms with Crippen molar-refractivity contribution in [3.8, 4) is 0 Å². The second-order valence-electron chi connectivity index (χ2n) is 6.03. The van der Waals surface area contributed by atoms with Gasteiger partial charge in [0.15, 0.2) is 14.2 Å². The molecular formula is C16H19ClN2O3S3. The molecule has 1 aliphatic heterocycles. The van der Waals surface area contributed by atoms with Gasteiger partial charge < -0.3 is 4.90 Å². The molecule has 0 saturated carbocycles. The molecule has 5 nitrogen and oxygen atoms in total. The summed E-state index contributed by atoms with van der Waals surface area (Å²) in [7, 11) is -3.01. The molecule has 1 aromatic carbocycles. The number of thioether (sulfide) groups is 1. The highest BCUT2D eigenvalue weighted by atomic mass is 35.5. The van der Waals surface area contributed by atoms with E-state index in [1.807, 2.05) is 32.0 Å². The van der Waals surface area contributed by atoms with Crippen molar-refractivity contribution in [3.05, 3.63) is 23.2 Å². The highest BCUT2D eigenvalue weighted by Crippen LogP contribution is 2.34. The van der Waals surface area contributed by atoms with Gasteiger partial charge in [0, 0.05) is 17.6 Å². The number of benzene rings is 1. The normalized spacial score (nSPS) is 20.7. The van der Waals surface area contributed by atoms with Crippen LogP contribution >= 0.6 is 34.7 Å². The summed E-state index contributed by atoms with van der Waals surface area (Å²) in [6, 6.07) is 5.35. The van der Waals surface area contributed by atoms with E-state index < -0.39 is 9.84 Å². The molecule has 136 valence electrons. The zero-order chi connectivity index (χ0) is 18.2. The number of hydrogen-bond acceptors (Lipinski definition) is 6. The third kappa shape index (κ3) is 4.30. The first kappa shape index (κ1) is 18.9. The fourth-order valence-corrected chi connectivity index (χ4v) is 7.14. The monoisotopic (exact) mass is 418 g/mol. The maximum Gasteiger partial charge on any atom is 0.236 e. The molecule has 1 amide bonds. The highest BCUT2D eigenvalue weighted by molar-refractivity contribution is 8.02. The van der Waals surface area contributed by atoms with E-state index in [0.717, 1.165) is 14.6 Å². The standard InChI is InChI=1S/C16H19ClN2O3S3/c1-3-19(12-6-7-25(21,22)9-12)15(20)10(2)23-16-18-13-8-11(17)4-5-14(13)24-16/h4-5,8,10,12H,3,6-7,9H2,1-2H3/t10-,12-/m1/s1. The van der Waals surface area contributed by atoms with Crippen molar-refractivity contribution in [1.29, 1.82) is 0 Å². The van der Waals surface area contributed by atoms with Crippen LogP contribution in [0.15, 0.2) is 22.5 Å². The van der Waals surface area contributed by atoms with Crippen LogP contribution < -0.4 is 0 Å². The molecule has 0 N–H and O–H groups in total. The molecule has 2 aromatic rings. The number of rotatable bonds is 5. The number of halogens is 1. The summed E-state index contributed by atoms with van der Waals surface area (Å²) in [6.45, 7) is 4.25. The van der Waals surface area contributed by atoms with Gasteiger partial charge in [0.1, 0.15) is 0 Å². The van der Waals surface area contributed by atoms with Crippen LogP contribution in [0.25, 0.3) is 10.2 Å². The number of sulfone groups is 1. The third-order valence-electron chi connectivity index (χ3n) is 4.23. The molecule has 1 aliphatic rings. The fourth-order valence-electron chi connectivity index (χ4n) is 2.98. The molecule has 0 spiro atoms. The lowest BCUT2D eigenvalue weighted by molar-refractivity contribution is -0.131. The summed E-state index contributed by atoms with van der Waals surface area (Å²) in [4.78, 5) is 19.0. The highest BCUT2D eigenvalue weighted by Gasteiger charge is 2.35. The molecule has 1 saturated heterocycles. The van der Waals surface area contributed by atoms with Gasteiger partial charge in [-0.15, -0.1) is 11.3 Å². The summed E-state index contributed by atoms with van der Waals surface area (Å²) >= 11 is 8.93. The van der Waals surface area contributed by atoms with Crippen LogP contribution in [0, 0.1) is 0 Å². The van der Waals surface area contributed by atoms with Crippen molar-refractivity contribution in [1.82, 2.24) is 9.88 Å². The second-order valence-corrected chi connectivity index (χ2v) is 11.3. The van der Waals surface area contributed by atoms with E-state index in [1.165, 1.54) is 23.1 Å². The van der Waals surface area contributed by atoms with Crippen molar-refractivity contribution >= 4 is 60.7 Å². The predicted molar refractivity (Wildman–Crippen MR) is 104 cm³/mol. The Morgan fingerprint density at radius 3 is 2.92 bits per heavy atom. The van der Waals surface area contributed by atoms with E-state index in [-0.39, 0.29) is 28.7 Å². The minimum atomic E-state index is -3.01. The Morgan fingerprint density at radius 1 is 1.52 bits per heavy atom. The zero-order valence-corrected chi connectivity index (χ0v) is 17.1. The summed E-state index contributed by atoms with van der Waals surface area (Å²) in [5, 5.41) is 0.317. The second kappa shape index (κ2) is 7.42. The number of fused-ring (bicyclic) bond motifs is 1. The molecule has 9 heteroatoms. The number of amides is 1. The first-order valence-electron chi connectivity index (χ1n) is 8.02. The van der Waals surface area contributed by atoms with E-state index in [4.69, 9.17) is 11.6 Å². The van der Waals surface area contributed by atoms with E-state index >= 15 is 0 Å². The van der Waals surface area contributed by atoms with Gasteiger partial charge >= 0.3 is 0 Å². The van der Waals surface area contributed by atoms with E-state index in [1.54, 1.807) is 4.90 Å². The van der Waals surface area contributed by atoms with Crippen LogP contribution in [0.4, 0.5) is 0 Å². The lowest BCUT2D eigenvalue weighted by atomic mass is 10.2. The maximum absolute atomic E-state index is 12.8. The van der Waals surface area contributed by atoms with Gasteiger partial charge in [-0.1, -0.05) is 23.4 Å². The van der Waals surface area contributed by atoms with E-state index in [9.17, 15) is 13.2 Å². The average molecular weight is 419 g/mol. The fraction of sp³-hybridized carbons (Fsp3) is 0.500. The number of carbonyl (C=O) groups excluding carboxylic acids is 1. The minimum Gasteiger partial charge on any atom is -0.338 e. The first-order chi connectivity index (χ1) is 11.8. The molecule has 2 heterocycles. The van der Waals surface area contributed by atoms with Crippen molar-refractivity contribution in [3.63, 3.8) is 0 Å². The molecule has 1 aromatic heterocycles. The first-order valence-corrected chi connectivity index (χ1v) is 11.9. The molecule has 1 fully saturated rings. The molecule has 3 rings (SSSR count). The zero-order valence-electron chi connectivity index (χ0n) is 13.9. The molecular weight excluding hydrogens is 400 g/mol. The van der Waals surface area contributed by atoms with Gasteiger partial charge in [-0.2, -0.15) is 0 Å². The molecule has 0 unspecified atom stereocenters. The molecule has 0 aliphatic carbocycles. The van der Waals surface area contributed by atoms with Gasteiger partial charge in [0.05, 0.1) is 27.0 Å².